The van der Waals surface area contributed by atoms with Crippen LogP contribution in [0.25, 0.3) is 11.4 Å². The Morgan fingerprint density at radius 3 is 2.63 bits per heavy atom. The number of carbonyl (C=O) groups excluding carboxylic acids is 2. The van der Waals surface area contributed by atoms with E-state index >= 15 is 0 Å². The second kappa shape index (κ2) is 8.42. The third-order valence-electron chi connectivity index (χ3n) is 7.84. The van der Waals surface area contributed by atoms with E-state index in [2.05, 4.69) is 11.1 Å². The summed E-state index contributed by atoms with van der Waals surface area (Å²) in [6.45, 7) is 3.81. The highest BCUT2D eigenvalue weighted by Gasteiger charge is 2.56. The number of ketones is 1. The zero-order chi connectivity index (χ0) is 24.9. The summed E-state index contributed by atoms with van der Waals surface area (Å²) in [5, 5.41) is 9.95. The van der Waals surface area contributed by atoms with Gasteiger partial charge in [0.25, 0.3) is 0 Å². The molecule has 2 aromatic heterocycles. The van der Waals surface area contributed by atoms with Crippen molar-refractivity contribution in [3.63, 3.8) is 0 Å². The Balaban J connectivity index is 1.80. The van der Waals surface area contributed by atoms with Crippen LogP contribution in [0.2, 0.25) is 0 Å². The fourth-order valence-electron chi connectivity index (χ4n) is 6.18. The second-order valence-corrected chi connectivity index (χ2v) is 9.60. The molecule has 0 bridgehead atoms. The van der Waals surface area contributed by atoms with E-state index in [9.17, 15) is 14.9 Å². The van der Waals surface area contributed by atoms with Crippen LogP contribution in [0.5, 0.6) is 0 Å². The molecule has 35 heavy (non-hydrogen) atoms. The molecule has 0 N–H and O–H groups in total. The van der Waals surface area contributed by atoms with Gasteiger partial charge < -0.3 is 9.30 Å². The predicted molar refractivity (Wildman–Crippen MR) is 127 cm³/mol. The van der Waals surface area contributed by atoms with E-state index in [4.69, 9.17) is 14.7 Å². The maximum Gasteiger partial charge on any atom is 0.337 e. The number of fused-ring (bicyclic) bond motifs is 3. The summed E-state index contributed by atoms with van der Waals surface area (Å²) in [6, 6.07) is 9.61. The maximum absolute atomic E-state index is 13.1. The molecule has 1 fully saturated rings. The summed E-state index contributed by atoms with van der Waals surface area (Å²) < 4.78 is 6.82. The Hall–Kier alpha value is -3.86. The van der Waals surface area contributed by atoms with Gasteiger partial charge in [0.1, 0.15) is 11.7 Å². The van der Waals surface area contributed by atoms with Gasteiger partial charge in [0, 0.05) is 23.9 Å². The molecule has 8 heteroatoms. The highest BCUT2D eigenvalue weighted by Crippen LogP contribution is 2.56. The van der Waals surface area contributed by atoms with Crippen LogP contribution in [0, 0.1) is 36.0 Å². The van der Waals surface area contributed by atoms with Crippen LogP contribution in [0.4, 0.5) is 0 Å². The molecule has 0 amide bonds. The Bertz CT molecular complexity index is 1370. The molecule has 5 rings (SSSR count). The minimum absolute atomic E-state index is 0.000363. The quantitative estimate of drug-likeness (QED) is 0.539. The van der Waals surface area contributed by atoms with E-state index in [0.29, 0.717) is 17.8 Å². The van der Waals surface area contributed by atoms with Gasteiger partial charge in [-0.05, 0) is 49.8 Å². The average molecular weight is 470 g/mol. The van der Waals surface area contributed by atoms with Crippen LogP contribution in [0.3, 0.4) is 0 Å². The first-order valence-corrected chi connectivity index (χ1v) is 11.8. The van der Waals surface area contributed by atoms with Crippen molar-refractivity contribution in [1.29, 1.82) is 5.26 Å². The van der Waals surface area contributed by atoms with Crippen LogP contribution < -0.4 is 0 Å². The molecule has 1 saturated carbocycles. The lowest BCUT2D eigenvalue weighted by molar-refractivity contribution is -0.131. The summed E-state index contributed by atoms with van der Waals surface area (Å²) in [4.78, 5) is 39.3. The normalized spacial score (nSPS) is 25.3. The SMILES string of the molecule is COC(=O)c1ccc(C23CC(C#N)C(=O)[C@@H](C)[C@@H]2CCc2c(-c4cncn4C)nc(C)nc23)cc1. The average Bonchev–Trinajstić information content (AvgIpc) is 3.30. The number of aromatic nitrogens is 4. The summed E-state index contributed by atoms with van der Waals surface area (Å²) in [5.41, 5.74) is 4.40. The molecule has 0 spiro atoms. The van der Waals surface area contributed by atoms with Crippen molar-refractivity contribution in [2.45, 2.75) is 38.5 Å². The number of hydrogen-bond donors (Lipinski definition) is 0. The molecular formula is C27H27N5O3. The maximum atomic E-state index is 13.1. The summed E-state index contributed by atoms with van der Waals surface area (Å²) in [5.74, 6) is -0.831. The number of rotatable bonds is 3. The molecule has 8 nitrogen and oxygen atoms in total. The van der Waals surface area contributed by atoms with Crippen molar-refractivity contribution in [3.05, 3.63) is 65.0 Å². The minimum Gasteiger partial charge on any atom is -0.465 e. The van der Waals surface area contributed by atoms with Crippen LogP contribution in [-0.4, -0.2) is 38.4 Å². The van der Waals surface area contributed by atoms with Gasteiger partial charge in [-0.1, -0.05) is 19.1 Å². The summed E-state index contributed by atoms with van der Waals surface area (Å²) in [6.07, 6.45) is 5.41. The molecule has 0 saturated heterocycles. The fourth-order valence-corrected chi connectivity index (χ4v) is 6.18. The summed E-state index contributed by atoms with van der Waals surface area (Å²) >= 11 is 0. The summed E-state index contributed by atoms with van der Waals surface area (Å²) in [7, 11) is 3.29. The van der Waals surface area contributed by atoms with Gasteiger partial charge >= 0.3 is 5.97 Å². The highest BCUT2D eigenvalue weighted by molar-refractivity contribution is 5.90. The minimum atomic E-state index is -0.733. The highest BCUT2D eigenvalue weighted by atomic mass is 16.5. The Labute approximate surface area is 204 Å². The monoisotopic (exact) mass is 469 g/mol. The van der Waals surface area contributed by atoms with Gasteiger partial charge in [0.2, 0.25) is 0 Å². The number of nitriles is 1. The standard InChI is InChI=1S/C27H27N5O3/c1-15-21-10-9-20-23(22-13-29-14-32(22)3)30-16(2)31-25(20)27(21,11-18(12-28)24(15)33)19-7-5-17(6-8-19)26(34)35-4/h5-8,13-15,18,21H,9-11H2,1-4H3/t15-,18?,21-,27?/m0/s1. The molecule has 0 aliphatic heterocycles. The number of benzene rings is 1. The van der Waals surface area contributed by atoms with Crippen molar-refractivity contribution in [2.75, 3.05) is 7.11 Å². The van der Waals surface area contributed by atoms with Gasteiger partial charge in [-0.25, -0.2) is 19.7 Å². The van der Waals surface area contributed by atoms with Crippen molar-refractivity contribution in [3.8, 4) is 17.5 Å². The van der Waals surface area contributed by atoms with Crippen molar-refractivity contribution < 1.29 is 14.3 Å². The number of aryl methyl sites for hydroxylation is 2. The van der Waals surface area contributed by atoms with E-state index < -0.39 is 17.3 Å². The molecule has 2 aliphatic rings. The molecule has 0 radical (unpaired) electrons. The molecule has 2 heterocycles. The van der Waals surface area contributed by atoms with E-state index in [1.165, 1.54) is 7.11 Å². The van der Waals surface area contributed by atoms with Crippen LogP contribution in [0.1, 0.15) is 52.8 Å². The van der Waals surface area contributed by atoms with Gasteiger partial charge in [-0.3, -0.25) is 4.79 Å². The number of carbonyl (C=O) groups is 2. The van der Waals surface area contributed by atoms with Gasteiger partial charge in [-0.15, -0.1) is 0 Å². The lowest BCUT2D eigenvalue weighted by Gasteiger charge is -2.51. The fraction of sp³-hybridized carbons (Fsp3) is 0.407. The van der Waals surface area contributed by atoms with E-state index in [1.807, 2.05) is 37.6 Å². The molecule has 178 valence electrons. The Morgan fingerprint density at radius 2 is 2.00 bits per heavy atom. The first-order valence-electron chi connectivity index (χ1n) is 11.8. The molecule has 1 aromatic carbocycles. The zero-order valence-corrected chi connectivity index (χ0v) is 20.3. The topological polar surface area (TPSA) is 111 Å². The van der Waals surface area contributed by atoms with Gasteiger partial charge in [0.05, 0.1) is 48.3 Å². The lowest BCUT2D eigenvalue weighted by Crippen LogP contribution is -2.53. The number of hydrogen-bond acceptors (Lipinski definition) is 7. The smallest absolute Gasteiger partial charge is 0.337 e. The number of methoxy groups -OCH3 is 1. The van der Waals surface area contributed by atoms with Crippen molar-refractivity contribution in [2.24, 2.45) is 24.8 Å². The number of ether oxygens (including phenoxy) is 1. The molecule has 2 unspecified atom stereocenters. The number of imidazole rings is 1. The van der Waals surface area contributed by atoms with E-state index in [0.717, 1.165) is 41.1 Å². The third-order valence-corrected chi connectivity index (χ3v) is 7.84. The number of esters is 1. The van der Waals surface area contributed by atoms with E-state index in [1.54, 1.807) is 24.7 Å². The Kier molecular flexibility index (Phi) is 5.51. The third kappa shape index (κ3) is 3.37. The first kappa shape index (κ1) is 22.9. The van der Waals surface area contributed by atoms with Gasteiger partial charge in [-0.2, -0.15) is 5.26 Å². The Morgan fingerprint density at radius 1 is 1.26 bits per heavy atom. The number of nitrogens with zero attached hydrogens (tertiary/aromatic N) is 5. The molecule has 3 aromatic rings. The van der Waals surface area contributed by atoms with E-state index in [-0.39, 0.29) is 17.6 Å². The molecular weight excluding hydrogens is 442 g/mol. The molecule has 2 aliphatic carbocycles. The number of Topliss-reactive ketones (excluding diaryl/α,β-unsaturated/α-hetero) is 1. The zero-order valence-electron chi connectivity index (χ0n) is 20.3. The van der Waals surface area contributed by atoms with Crippen LogP contribution in [0.15, 0.2) is 36.8 Å². The van der Waals surface area contributed by atoms with Crippen LogP contribution >= 0.6 is 0 Å². The first-order chi connectivity index (χ1) is 16.8. The van der Waals surface area contributed by atoms with Crippen LogP contribution in [-0.2, 0) is 28.4 Å². The largest absolute Gasteiger partial charge is 0.465 e. The van der Waals surface area contributed by atoms with Crippen molar-refractivity contribution in [1.82, 2.24) is 19.5 Å². The second-order valence-electron chi connectivity index (χ2n) is 9.60. The van der Waals surface area contributed by atoms with Gasteiger partial charge in [0.15, 0.2) is 5.78 Å². The molecule has 4 atom stereocenters. The predicted octanol–water partition coefficient (Wildman–Crippen LogP) is 3.57. The lowest BCUT2D eigenvalue weighted by atomic mass is 9.50. The van der Waals surface area contributed by atoms with Crippen molar-refractivity contribution >= 4 is 11.8 Å².